The van der Waals surface area contributed by atoms with E-state index in [-0.39, 0.29) is 6.54 Å². The van der Waals surface area contributed by atoms with Gasteiger partial charge in [0.2, 0.25) is 5.88 Å². The first-order chi connectivity index (χ1) is 9.54. The molecule has 2 heterocycles. The smallest absolute Gasteiger partial charge is 0.252 e. The van der Waals surface area contributed by atoms with Crippen molar-refractivity contribution in [1.82, 2.24) is 9.29 Å². The molecule has 0 bridgehead atoms. The van der Waals surface area contributed by atoms with Crippen molar-refractivity contribution in [2.75, 3.05) is 13.7 Å². The van der Waals surface area contributed by atoms with Crippen molar-refractivity contribution in [3.8, 4) is 5.88 Å². The van der Waals surface area contributed by atoms with Gasteiger partial charge in [-0.25, -0.2) is 13.4 Å². The number of rotatable bonds is 6. The number of sulfonamides is 1. The molecule has 0 aliphatic rings. The van der Waals surface area contributed by atoms with Crippen LogP contribution in [0.2, 0.25) is 0 Å². The van der Waals surface area contributed by atoms with E-state index >= 15 is 0 Å². The second-order valence-corrected chi connectivity index (χ2v) is 7.31. The highest BCUT2D eigenvalue weighted by Gasteiger charge is 2.22. The molecule has 0 saturated heterocycles. The van der Waals surface area contributed by atoms with Crippen LogP contribution in [0.15, 0.2) is 39.9 Å². The highest BCUT2D eigenvalue weighted by Crippen LogP contribution is 2.21. The Bertz CT molecular complexity index is 654. The Balaban J connectivity index is 2.15. The third kappa shape index (κ3) is 3.36. The fourth-order valence-electron chi connectivity index (χ4n) is 1.65. The van der Waals surface area contributed by atoms with Gasteiger partial charge in [0.05, 0.1) is 18.8 Å². The number of hydrogen-bond donors (Lipinski definition) is 0. The normalized spacial score (nSPS) is 11.8. The van der Waals surface area contributed by atoms with E-state index in [1.165, 1.54) is 15.6 Å². The third-order valence-electron chi connectivity index (χ3n) is 2.62. The minimum Gasteiger partial charge on any atom is -0.478 e. The van der Waals surface area contributed by atoms with Crippen LogP contribution in [0.4, 0.5) is 0 Å². The van der Waals surface area contributed by atoms with Crippen LogP contribution in [0.1, 0.15) is 12.6 Å². The number of ether oxygens (including phenoxy) is 1. The maximum atomic E-state index is 12.3. The monoisotopic (exact) mass is 312 g/mol. The molecule has 0 aromatic carbocycles. The molecule has 0 atom stereocenters. The molecule has 0 saturated carbocycles. The van der Waals surface area contributed by atoms with Gasteiger partial charge in [-0.2, -0.15) is 4.31 Å². The minimum absolute atomic E-state index is 0.209. The summed E-state index contributed by atoms with van der Waals surface area (Å²) in [5, 5.41) is 1.74. The van der Waals surface area contributed by atoms with Crippen molar-refractivity contribution in [3.05, 3.63) is 41.4 Å². The SMILES string of the molecule is CCOc1cccc(CN(C)S(=O)(=O)c2cccs2)n1. The van der Waals surface area contributed by atoms with Crippen LogP contribution in [0.3, 0.4) is 0 Å². The summed E-state index contributed by atoms with van der Waals surface area (Å²) < 4.78 is 31.5. The van der Waals surface area contributed by atoms with E-state index in [9.17, 15) is 8.42 Å². The molecule has 0 amide bonds. The summed E-state index contributed by atoms with van der Waals surface area (Å²) >= 11 is 1.21. The molecule has 0 spiro atoms. The predicted octanol–water partition coefficient (Wildman–Crippen LogP) is 2.36. The van der Waals surface area contributed by atoms with Gasteiger partial charge >= 0.3 is 0 Å². The molecular formula is C13H16N2O3S2. The van der Waals surface area contributed by atoms with Crippen molar-refractivity contribution >= 4 is 21.4 Å². The van der Waals surface area contributed by atoms with Crippen molar-refractivity contribution in [2.45, 2.75) is 17.7 Å². The first-order valence-electron chi connectivity index (χ1n) is 6.12. The Labute approximate surface area is 122 Å². The summed E-state index contributed by atoms with van der Waals surface area (Å²) in [5.74, 6) is 0.506. The van der Waals surface area contributed by atoms with Crippen LogP contribution in [0, 0.1) is 0 Å². The lowest BCUT2D eigenvalue weighted by molar-refractivity contribution is 0.324. The van der Waals surface area contributed by atoms with E-state index in [0.29, 0.717) is 22.4 Å². The quantitative estimate of drug-likeness (QED) is 0.821. The van der Waals surface area contributed by atoms with Crippen LogP contribution < -0.4 is 4.74 Å². The average Bonchev–Trinajstić information content (AvgIpc) is 2.94. The molecule has 2 rings (SSSR count). The standard InChI is InChI=1S/C13H16N2O3S2/c1-3-18-12-7-4-6-11(14-12)10-15(2)20(16,17)13-8-5-9-19-13/h4-9H,3,10H2,1-2H3. The summed E-state index contributed by atoms with van der Waals surface area (Å²) in [6.45, 7) is 2.61. The van der Waals surface area contributed by atoms with E-state index in [1.807, 2.05) is 6.92 Å². The summed E-state index contributed by atoms with van der Waals surface area (Å²) in [6.07, 6.45) is 0. The van der Waals surface area contributed by atoms with Crippen molar-refractivity contribution in [2.24, 2.45) is 0 Å². The van der Waals surface area contributed by atoms with Crippen molar-refractivity contribution < 1.29 is 13.2 Å². The topological polar surface area (TPSA) is 59.5 Å². The highest BCUT2D eigenvalue weighted by molar-refractivity contribution is 7.91. The average molecular weight is 312 g/mol. The van der Waals surface area contributed by atoms with Gasteiger partial charge in [-0.1, -0.05) is 12.1 Å². The Hall–Kier alpha value is -1.44. The molecule has 0 radical (unpaired) electrons. The molecular weight excluding hydrogens is 296 g/mol. The fraction of sp³-hybridized carbons (Fsp3) is 0.308. The fourth-order valence-corrected chi connectivity index (χ4v) is 3.99. The van der Waals surface area contributed by atoms with Crippen LogP contribution in [0.5, 0.6) is 5.88 Å². The van der Waals surface area contributed by atoms with Crippen LogP contribution in [-0.2, 0) is 16.6 Å². The van der Waals surface area contributed by atoms with E-state index in [0.717, 1.165) is 0 Å². The van der Waals surface area contributed by atoms with Gasteiger partial charge in [0.25, 0.3) is 10.0 Å². The second-order valence-electron chi connectivity index (χ2n) is 4.09. The molecule has 0 fully saturated rings. The Morgan fingerprint density at radius 3 is 2.75 bits per heavy atom. The van der Waals surface area contributed by atoms with Gasteiger partial charge < -0.3 is 4.74 Å². The van der Waals surface area contributed by atoms with Crippen LogP contribution in [-0.4, -0.2) is 31.4 Å². The molecule has 0 N–H and O–H groups in total. The first kappa shape index (κ1) is 15.0. The van der Waals surface area contributed by atoms with Gasteiger partial charge in [-0.05, 0) is 24.4 Å². The zero-order valence-corrected chi connectivity index (χ0v) is 12.9. The maximum Gasteiger partial charge on any atom is 0.252 e. The largest absolute Gasteiger partial charge is 0.478 e. The summed E-state index contributed by atoms with van der Waals surface area (Å²) in [5.41, 5.74) is 0.651. The lowest BCUT2D eigenvalue weighted by Crippen LogP contribution is -2.26. The van der Waals surface area contributed by atoms with E-state index in [4.69, 9.17) is 4.74 Å². The predicted molar refractivity (Wildman–Crippen MR) is 78.4 cm³/mol. The zero-order chi connectivity index (χ0) is 14.6. The van der Waals surface area contributed by atoms with Crippen LogP contribution >= 0.6 is 11.3 Å². The first-order valence-corrected chi connectivity index (χ1v) is 8.44. The maximum absolute atomic E-state index is 12.3. The van der Waals surface area contributed by atoms with E-state index in [1.54, 1.807) is 42.8 Å². The van der Waals surface area contributed by atoms with Crippen molar-refractivity contribution in [1.29, 1.82) is 0 Å². The van der Waals surface area contributed by atoms with Gasteiger partial charge in [-0.15, -0.1) is 11.3 Å². The molecule has 0 aliphatic carbocycles. The Kier molecular flexibility index (Phi) is 4.74. The Morgan fingerprint density at radius 2 is 2.10 bits per heavy atom. The number of aromatic nitrogens is 1. The Morgan fingerprint density at radius 1 is 1.30 bits per heavy atom. The number of hydrogen-bond acceptors (Lipinski definition) is 5. The van der Waals surface area contributed by atoms with Crippen molar-refractivity contribution in [3.63, 3.8) is 0 Å². The molecule has 0 aliphatic heterocycles. The number of thiophene rings is 1. The van der Waals surface area contributed by atoms with Gasteiger partial charge in [0.1, 0.15) is 4.21 Å². The number of pyridine rings is 1. The second kappa shape index (κ2) is 6.34. The minimum atomic E-state index is -3.45. The zero-order valence-electron chi connectivity index (χ0n) is 11.3. The molecule has 7 heteroatoms. The summed E-state index contributed by atoms with van der Waals surface area (Å²) in [4.78, 5) is 4.27. The lowest BCUT2D eigenvalue weighted by atomic mass is 10.3. The molecule has 108 valence electrons. The number of nitrogens with zero attached hydrogens (tertiary/aromatic N) is 2. The van der Waals surface area contributed by atoms with Gasteiger partial charge in [0, 0.05) is 13.1 Å². The molecule has 5 nitrogen and oxygen atoms in total. The lowest BCUT2D eigenvalue weighted by Gasteiger charge is -2.15. The van der Waals surface area contributed by atoms with Crippen LogP contribution in [0.25, 0.3) is 0 Å². The van der Waals surface area contributed by atoms with E-state index < -0.39 is 10.0 Å². The molecule has 0 unspecified atom stereocenters. The molecule has 2 aromatic rings. The summed E-state index contributed by atoms with van der Waals surface area (Å²) in [7, 11) is -1.90. The van der Waals surface area contributed by atoms with E-state index in [2.05, 4.69) is 4.98 Å². The summed E-state index contributed by atoms with van der Waals surface area (Å²) in [6, 6.07) is 8.66. The molecule has 20 heavy (non-hydrogen) atoms. The van der Waals surface area contributed by atoms with Gasteiger partial charge in [-0.3, -0.25) is 0 Å². The van der Waals surface area contributed by atoms with Gasteiger partial charge in [0.15, 0.2) is 0 Å². The molecule has 2 aromatic heterocycles. The third-order valence-corrected chi connectivity index (χ3v) is 5.79. The highest BCUT2D eigenvalue weighted by atomic mass is 32.2.